The molecule has 4 amide bonds. The van der Waals surface area contributed by atoms with Crippen molar-refractivity contribution in [1.82, 2.24) is 9.80 Å². The largest absolute Gasteiger partial charge is 0.486 e. The Bertz CT molecular complexity index is 1530. The predicted molar refractivity (Wildman–Crippen MR) is 180 cm³/mol. The summed E-state index contributed by atoms with van der Waals surface area (Å²) in [5.41, 5.74) is 1.90. The lowest BCUT2D eigenvalue weighted by molar-refractivity contribution is 0.0635. The van der Waals surface area contributed by atoms with Crippen molar-refractivity contribution >= 4 is 35.1 Å². The molecule has 4 rings (SSSR count). The van der Waals surface area contributed by atoms with E-state index in [0.29, 0.717) is 60.4 Å². The van der Waals surface area contributed by atoms with Crippen molar-refractivity contribution in [3.8, 4) is 11.5 Å². The molecule has 246 valence electrons. The molecule has 11 heteroatoms. The summed E-state index contributed by atoms with van der Waals surface area (Å²) in [7, 11) is 4.02. The first-order valence-corrected chi connectivity index (χ1v) is 15.3. The van der Waals surface area contributed by atoms with Crippen molar-refractivity contribution in [2.45, 2.75) is 46.8 Å². The second kappa shape index (κ2) is 14.6. The van der Waals surface area contributed by atoms with Gasteiger partial charge in [0.1, 0.15) is 18.8 Å². The van der Waals surface area contributed by atoms with Gasteiger partial charge in [-0.2, -0.15) is 0 Å². The zero-order valence-corrected chi connectivity index (χ0v) is 27.7. The average Bonchev–Trinajstić information content (AvgIpc) is 2.96. The number of hydrogen-bond donors (Lipinski definition) is 3. The minimum Gasteiger partial charge on any atom is -0.486 e. The van der Waals surface area contributed by atoms with Gasteiger partial charge in [-0.3, -0.25) is 10.1 Å². The topological polar surface area (TPSA) is 121 Å². The minimum atomic E-state index is -0.659. The second-order valence-electron chi connectivity index (χ2n) is 13.4. The quantitative estimate of drug-likeness (QED) is 0.228. The number of anilines is 3. The van der Waals surface area contributed by atoms with Gasteiger partial charge in [0.2, 0.25) is 0 Å². The van der Waals surface area contributed by atoms with Gasteiger partial charge in [0.05, 0.1) is 11.4 Å². The van der Waals surface area contributed by atoms with E-state index in [9.17, 15) is 14.4 Å². The first-order chi connectivity index (χ1) is 21.7. The maximum Gasteiger partial charge on any atom is 0.412 e. The fourth-order valence-electron chi connectivity index (χ4n) is 5.24. The molecule has 3 aromatic rings. The van der Waals surface area contributed by atoms with E-state index in [2.05, 4.69) is 34.7 Å². The minimum absolute atomic E-state index is 0.200. The number of carbonyl (C=O) groups excluding carboxylic acids is 3. The standard InChI is InChI=1S/C35H45N5O6/c1-34(2,3)46-33(43)38-28-11-9-8-10-27(28)37-31(41)25-14-12-24(13-15-25)21-40(23-35(4,5)22-39(6)7)32(42)36-26-16-17-29-30(20-26)45-19-18-44-29/h8-17,20H,18-19,21-23H2,1-7H3,(H,36,42)(H,37,41)(H,38,43). The Morgan fingerprint density at radius 2 is 1.41 bits per heavy atom. The highest BCUT2D eigenvalue weighted by atomic mass is 16.6. The summed E-state index contributed by atoms with van der Waals surface area (Å²) in [4.78, 5) is 43.0. The molecule has 0 unspecified atom stereocenters. The van der Waals surface area contributed by atoms with Crippen LogP contribution in [0.1, 0.15) is 50.5 Å². The van der Waals surface area contributed by atoms with Crippen molar-refractivity contribution < 1.29 is 28.6 Å². The highest BCUT2D eigenvalue weighted by molar-refractivity contribution is 6.06. The molecule has 46 heavy (non-hydrogen) atoms. The van der Waals surface area contributed by atoms with Crippen LogP contribution in [0.25, 0.3) is 0 Å². The predicted octanol–water partition coefficient (Wildman–Crippen LogP) is 6.68. The maximum absolute atomic E-state index is 13.6. The smallest absolute Gasteiger partial charge is 0.412 e. The number of nitrogens with one attached hydrogen (secondary N) is 3. The fourth-order valence-corrected chi connectivity index (χ4v) is 5.24. The van der Waals surface area contributed by atoms with E-state index in [1.807, 2.05) is 26.2 Å². The van der Waals surface area contributed by atoms with Crippen LogP contribution in [0.3, 0.4) is 0 Å². The Hall–Kier alpha value is -4.77. The number of fused-ring (bicyclic) bond motifs is 1. The first kappa shape index (κ1) is 34.1. The van der Waals surface area contributed by atoms with Crippen LogP contribution in [0.4, 0.5) is 26.7 Å². The molecule has 11 nitrogen and oxygen atoms in total. The molecule has 0 saturated carbocycles. The lowest BCUT2D eigenvalue weighted by Crippen LogP contribution is -2.44. The molecule has 0 bridgehead atoms. The van der Waals surface area contributed by atoms with Gasteiger partial charge < -0.3 is 34.6 Å². The van der Waals surface area contributed by atoms with Crippen LogP contribution in [-0.4, -0.2) is 73.8 Å². The summed E-state index contributed by atoms with van der Waals surface area (Å²) in [5, 5.41) is 8.57. The molecule has 1 aliphatic heterocycles. The summed E-state index contributed by atoms with van der Waals surface area (Å²) in [6.07, 6.45) is -0.616. The van der Waals surface area contributed by atoms with Crippen LogP contribution in [0.15, 0.2) is 66.7 Å². The van der Waals surface area contributed by atoms with Crippen molar-refractivity contribution in [2.24, 2.45) is 5.41 Å². The van der Waals surface area contributed by atoms with E-state index in [1.54, 1.807) is 80.3 Å². The monoisotopic (exact) mass is 631 g/mol. The van der Waals surface area contributed by atoms with Gasteiger partial charge in [0.25, 0.3) is 5.91 Å². The normalized spacial score (nSPS) is 12.7. The molecule has 1 aliphatic rings. The van der Waals surface area contributed by atoms with Gasteiger partial charge in [-0.15, -0.1) is 0 Å². The van der Waals surface area contributed by atoms with Crippen LogP contribution in [0, 0.1) is 5.41 Å². The van der Waals surface area contributed by atoms with E-state index in [-0.39, 0.29) is 17.4 Å². The van der Waals surface area contributed by atoms with Crippen molar-refractivity contribution in [2.75, 3.05) is 56.3 Å². The van der Waals surface area contributed by atoms with Crippen LogP contribution in [-0.2, 0) is 11.3 Å². The van der Waals surface area contributed by atoms with Crippen LogP contribution in [0.5, 0.6) is 11.5 Å². The van der Waals surface area contributed by atoms with Crippen LogP contribution < -0.4 is 25.4 Å². The molecular weight excluding hydrogens is 586 g/mol. The van der Waals surface area contributed by atoms with Gasteiger partial charge in [-0.05, 0) is 82.2 Å². The Kier molecular flexibility index (Phi) is 10.8. The second-order valence-corrected chi connectivity index (χ2v) is 13.4. The highest BCUT2D eigenvalue weighted by Crippen LogP contribution is 2.33. The molecule has 0 atom stereocenters. The third-order valence-corrected chi connectivity index (χ3v) is 6.84. The third kappa shape index (κ3) is 10.1. The SMILES string of the molecule is CN(C)CC(C)(C)CN(Cc1ccc(C(=O)Nc2ccccc2NC(=O)OC(C)(C)C)cc1)C(=O)Nc1ccc2c(c1)OCCO2. The van der Waals surface area contributed by atoms with Crippen LogP contribution in [0.2, 0.25) is 0 Å². The van der Waals surface area contributed by atoms with Gasteiger partial charge in [0, 0.05) is 37.0 Å². The summed E-state index contributed by atoms with van der Waals surface area (Å²) >= 11 is 0. The lowest BCUT2D eigenvalue weighted by atomic mass is 9.92. The zero-order valence-electron chi connectivity index (χ0n) is 27.7. The lowest BCUT2D eigenvalue weighted by Gasteiger charge is -2.35. The highest BCUT2D eigenvalue weighted by Gasteiger charge is 2.27. The number of amides is 4. The van der Waals surface area contributed by atoms with Gasteiger partial charge >= 0.3 is 12.1 Å². The van der Waals surface area contributed by atoms with Crippen LogP contribution >= 0.6 is 0 Å². The molecule has 0 aliphatic carbocycles. The molecule has 0 fully saturated rings. The number of para-hydroxylation sites is 2. The van der Waals surface area contributed by atoms with E-state index >= 15 is 0 Å². The third-order valence-electron chi connectivity index (χ3n) is 6.84. The number of benzene rings is 3. The summed E-state index contributed by atoms with van der Waals surface area (Å²) < 4.78 is 16.6. The Labute approximate surface area is 271 Å². The van der Waals surface area contributed by atoms with E-state index in [1.165, 1.54) is 0 Å². The molecule has 1 heterocycles. The van der Waals surface area contributed by atoms with E-state index in [4.69, 9.17) is 14.2 Å². The number of nitrogens with zero attached hydrogens (tertiary/aromatic N) is 2. The summed E-state index contributed by atoms with van der Waals surface area (Å²) in [6, 6.07) is 19.1. The molecule has 0 saturated heterocycles. The summed E-state index contributed by atoms with van der Waals surface area (Å²) in [5.74, 6) is 0.908. The van der Waals surface area contributed by atoms with E-state index < -0.39 is 11.7 Å². The number of carbonyl (C=O) groups is 3. The zero-order chi connectivity index (χ0) is 33.5. The number of rotatable bonds is 10. The first-order valence-electron chi connectivity index (χ1n) is 15.3. The Balaban J connectivity index is 1.46. The van der Waals surface area contributed by atoms with Gasteiger partial charge in [-0.25, -0.2) is 9.59 Å². The maximum atomic E-state index is 13.6. The van der Waals surface area contributed by atoms with E-state index in [0.717, 1.165) is 12.1 Å². The van der Waals surface area contributed by atoms with Crippen molar-refractivity contribution in [3.05, 3.63) is 77.9 Å². The fraction of sp³-hybridized carbons (Fsp3) is 0.400. The molecule has 0 radical (unpaired) electrons. The average molecular weight is 632 g/mol. The van der Waals surface area contributed by atoms with Gasteiger partial charge in [0.15, 0.2) is 11.5 Å². The van der Waals surface area contributed by atoms with Crippen molar-refractivity contribution in [3.63, 3.8) is 0 Å². The van der Waals surface area contributed by atoms with Crippen molar-refractivity contribution in [1.29, 1.82) is 0 Å². The Morgan fingerprint density at radius 1 is 0.783 bits per heavy atom. The molecule has 3 aromatic carbocycles. The molecule has 0 aromatic heterocycles. The molecular formula is C35H45N5O6. The Morgan fingerprint density at radius 3 is 2.04 bits per heavy atom. The number of hydrogen-bond acceptors (Lipinski definition) is 7. The number of ether oxygens (including phenoxy) is 3. The number of urea groups is 1. The van der Waals surface area contributed by atoms with Gasteiger partial charge in [-0.1, -0.05) is 38.1 Å². The molecule has 3 N–H and O–H groups in total. The summed E-state index contributed by atoms with van der Waals surface area (Å²) in [6.45, 7) is 12.1. The molecule has 0 spiro atoms.